The van der Waals surface area contributed by atoms with Gasteiger partial charge in [0.05, 0.1) is 5.92 Å². The SMILES string of the molecule is C[C@H]1CNCC[C@@H]1C(=O)O. The first-order valence-electron chi connectivity index (χ1n) is 3.65. The third-order valence-electron chi connectivity index (χ3n) is 2.10. The lowest BCUT2D eigenvalue weighted by Gasteiger charge is -2.25. The van der Waals surface area contributed by atoms with Crippen LogP contribution < -0.4 is 5.32 Å². The van der Waals surface area contributed by atoms with Crippen molar-refractivity contribution in [3.63, 3.8) is 0 Å². The fourth-order valence-electron chi connectivity index (χ4n) is 1.38. The van der Waals surface area contributed by atoms with Crippen molar-refractivity contribution in [2.45, 2.75) is 13.3 Å². The van der Waals surface area contributed by atoms with Crippen LogP contribution in [0.4, 0.5) is 0 Å². The van der Waals surface area contributed by atoms with Crippen molar-refractivity contribution < 1.29 is 9.90 Å². The lowest BCUT2D eigenvalue weighted by atomic mass is 9.88. The van der Waals surface area contributed by atoms with Crippen LogP contribution in [0, 0.1) is 11.8 Å². The van der Waals surface area contributed by atoms with Crippen LogP contribution in [0.2, 0.25) is 0 Å². The minimum absolute atomic E-state index is 0.124. The van der Waals surface area contributed by atoms with E-state index in [1.807, 2.05) is 6.92 Å². The molecular weight excluding hydrogens is 130 g/mol. The van der Waals surface area contributed by atoms with Gasteiger partial charge in [-0.2, -0.15) is 0 Å². The van der Waals surface area contributed by atoms with Crippen molar-refractivity contribution in [3.8, 4) is 0 Å². The van der Waals surface area contributed by atoms with Crippen molar-refractivity contribution >= 4 is 5.97 Å². The lowest BCUT2D eigenvalue weighted by Crippen LogP contribution is -2.38. The second-order valence-corrected chi connectivity index (χ2v) is 2.91. The summed E-state index contributed by atoms with van der Waals surface area (Å²) in [6, 6.07) is 0. The molecule has 2 N–H and O–H groups in total. The van der Waals surface area contributed by atoms with E-state index < -0.39 is 5.97 Å². The Labute approximate surface area is 60.4 Å². The second-order valence-electron chi connectivity index (χ2n) is 2.91. The summed E-state index contributed by atoms with van der Waals surface area (Å²) in [6.07, 6.45) is 0.774. The minimum Gasteiger partial charge on any atom is -0.481 e. The Morgan fingerprint density at radius 2 is 2.40 bits per heavy atom. The fraction of sp³-hybridized carbons (Fsp3) is 0.857. The van der Waals surface area contributed by atoms with E-state index in [1.54, 1.807) is 0 Å². The highest BCUT2D eigenvalue weighted by atomic mass is 16.4. The number of carbonyl (C=O) groups is 1. The predicted octanol–water partition coefficient (Wildman–Crippen LogP) is 0.317. The Morgan fingerprint density at radius 3 is 2.80 bits per heavy atom. The van der Waals surface area contributed by atoms with Gasteiger partial charge in [0.25, 0.3) is 0 Å². The number of carboxylic acids is 1. The maximum absolute atomic E-state index is 10.5. The molecule has 10 heavy (non-hydrogen) atoms. The van der Waals surface area contributed by atoms with Crippen LogP contribution in [0.3, 0.4) is 0 Å². The van der Waals surface area contributed by atoms with Gasteiger partial charge in [-0.05, 0) is 25.4 Å². The van der Waals surface area contributed by atoms with Gasteiger partial charge in [0, 0.05) is 0 Å². The third kappa shape index (κ3) is 1.48. The van der Waals surface area contributed by atoms with E-state index in [4.69, 9.17) is 5.11 Å². The Morgan fingerprint density at radius 1 is 1.70 bits per heavy atom. The molecule has 1 rings (SSSR count). The molecule has 1 aliphatic heterocycles. The smallest absolute Gasteiger partial charge is 0.306 e. The van der Waals surface area contributed by atoms with Gasteiger partial charge in [-0.3, -0.25) is 4.79 Å². The molecule has 0 spiro atoms. The molecule has 1 fully saturated rings. The molecule has 1 saturated heterocycles. The summed E-state index contributed by atoms with van der Waals surface area (Å²) in [5, 5.41) is 11.8. The molecule has 58 valence electrons. The van der Waals surface area contributed by atoms with Crippen LogP contribution in [0.15, 0.2) is 0 Å². The predicted molar refractivity (Wildman–Crippen MR) is 37.8 cm³/mol. The molecule has 0 aliphatic carbocycles. The van der Waals surface area contributed by atoms with Gasteiger partial charge in [0.2, 0.25) is 0 Å². The zero-order chi connectivity index (χ0) is 7.56. The normalized spacial score (nSPS) is 33.7. The summed E-state index contributed by atoms with van der Waals surface area (Å²) < 4.78 is 0. The number of rotatable bonds is 1. The molecule has 0 aromatic heterocycles. The number of aliphatic carboxylic acids is 1. The molecule has 3 heteroatoms. The van der Waals surface area contributed by atoms with Gasteiger partial charge in [-0.25, -0.2) is 0 Å². The molecule has 0 amide bonds. The zero-order valence-electron chi connectivity index (χ0n) is 6.13. The monoisotopic (exact) mass is 143 g/mol. The summed E-state index contributed by atoms with van der Waals surface area (Å²) in [7, 11) is 0. The van der Waals surface area contributed by atoms with Crippen LogP contribution in [0.5, 0.6) is 0 Å². The van der Waals surface area contributed by atoms with Crippen molar-refractivity contribution in [2.75, 3.05) is 13.1 Å². The Hall–Kier alpha value is -0.570. The van der Waals surface area contributed by atoms with Crippen LogP contribution >= 0.6 is 0 Å². The van der Waals surface area contributed by atoms with Gasteiger partial charge < -0.3 is 10.4 Å². The molecule has 0 radical (unpaired) electrons. The van der Waals surface area contributed by atoms with Crippen molar-refractivity contribution in [1.29, 1.82) is 0 Å². The summed E-state index contributed by atoms with van der Waals surface area (Å²) in [5.74, 6) is -0.485. The standard InChI is InChI=1S/C7H13NO2/c1-5-4-8-3-2-6(5)7(9)10/h5-6,8H,2-4H2,1H3,(H,9,10)/t5-,6-/m0/s1. The maximum atomic E-state index is 10.5. The molecule has 1 heterocycles. The Kier molecular flexibility index (Phi) is 2.27. The van der Waals surface area contributed by atoms with Crippen molar-refractivity contribution in [3.05, 3.63) is 0 Å². The molecule has 0 aromatic rings. The van der Waals surface area contributed by atoms with Gasteiger partial charge in [0.1, 0.15) is 0 Å². The second kappa shape index (κ2) is 3.01. The van der Waals surface area contributed by atoms with Gasteiger partial charge in [0.15, 0.2) is 0 Å². The van der Waals surface area contributed by atoms with Crippen LogP contribution in [-0.4, -0.2) is 24.2 Å². The molecule has 2 atom stereocenters. The minimum atomic E-state index is -0.644. The number of hydrogen-bond acceptors (Lipinski definition) is 2. The highest BCUT2D eigenvalue weighted by Gasteiger charge is 2.26. The van der Waals surface area contributed by atoms with E-state index in [0.717, 1.165) is 19.5 Å². The number of nitrogens with one attached hydrogen (secondary N) is 1. The molecule has 0 saturated carbocycles. The van der Waals surface area contributed by atoms with Crippen molar-refractivity contribution in [1.82, 2.24) is 5.32 Å². The Bertz CT molecular complexity index is 136. The molecule has 0 aromatic carbocycles. The van der Waals surface area contributed by atoms with E-state index in [1.165, 1.54) is 0 Å². The van der Waals surface area contributed by atoms with Crippen LogP contribution in [-0.2, 0) is 4.79 Å². The Balaban J connectivity index is 2.47. The number of hydrogen-bond donors (Lipinski definition) is 2. The highest BCUT2D eigenvalue weighted by molar-refractivity contribution is 5.70. The van der Waals surface area contributed by atoms with Gasteiger partial charge >= 0.3 is 5.97 Å². The zero-order valence-corrected chi connectivity index (χ0v) is 6.13. The maximum Gasteiger partial charge on any atom is 0.306 e. The third-order valence-corrected chi connectivity index (χ3v) is 2.10. The average Bonchev–Trinajstić information content (AvgIpc) is 1.88. The summed E-state index contributed by atoms with van der Waals surface area (Å²) in [6.45, 7) is 3.67. The van der Waals surface area contributed by atoms with Crippen molar-refractivity contribution in [2.24, 2.45) is 11.8 Å². The van der Waals surface area contributed by atoms with Gasteiger partial charge in [-0.1, -0.05) is 6.92 Å². The van der Waals surface area contributed by atoms with E-state index >= 15 is 0 Å². The number of piperidine rings is 1. The van der Waals surface area contributed by atoms with E-state index in [2.05, 4.69) is 5.32 Å². The van der Waals surface area contributed by atoms with E-state index in [9.17, 15) is 4.79 Å². The first-order chi connectivity index (χ1) is 4.72. The largest absolute Gasteiger partial charge is 0.481 e. The first-order valence-corrected chi connectivity index (χ1v) is 3.65. The topological polar surface area (TPSA) is 49.3 Å². The molecule has 0 unspecified atom stereocenters. The van der Waals surface area contributed by atoms with Crippen LogP contribution in [0.25, 0.3) is 0 Å². The summed E-state index contributed by atoms with van der Waals surface area (Å²) >= 11 is 0. The van der Waals surface area contributed by atoms with E-state index in [0.29, 0.717) is 0 Å². The average molecular weight is 143 g/mol. The first kappa shape index (κ1) is 7.54. The fourth-order valence-corrected chi connectivity index (χ4v) is 1.38. The van der Waals surface area contributed by atoms with E-state index in [-0.39, 0.29) is 11.8 Å². The van der Waals surface area contributed by atoms with Gasteiger partial charge in [-0.15, -0.1) is 0 Å². The lowest BCUT2D eigenvalue weighted by molar-refractivity contribution is -0.144. The summed E-state index contributed by atoms with van der Waals surface area (Å²) in [4.78, 5) is 10.5. The molecular formula is C7H13NO2. The molecule has 3 nitrogen and oxygen atoms in total. The molecule has 0 bridgehead atoms. The molecule has 1 aliphatic rings. The summed E-state index contributed by atoms with van der Waals surface area (Å²) in [5.41, 5.74) is 0. The number of carboxylic acid groups (broad SMARTS) is 1. The van der Waals surface area contributed by atoms with Crippen LogP contribution in [0.1, 0.15) is 13.3 Å². The highest BCUT2D eigenvalue weighted by Crippen LogP contribution is 2.17. The quantitative estimate of drug-likeness (QED) is 0.555.